The molecule has 0 aliphatic rings. The number of hydrogen-bond donors (Lipinski definition) is 0. The number of carbonyl (C=O) groups excluding carboxylic acids is 2. The molecule has 1 unspecified atom stereocenters. The number of hydrogen-bond acceptors (Lipinski definition) is 9. The molecule has 37 heavy (non-hydrogen) atoms. The van der Waals surface area contributed by atoms with Gasteiger partial charge in [0, 0.05) is 6.42 Å². The SMILES string of the molecule is CCCCCCCC(=O)OCCOCCOCCOCCOCCOCCOC(=O)C(CC)CCCC. The Labute approximate surface area is 225 Å². The fourth-order valence-electron chi connectivity index (χ4n) is 3.40. The number of carbonyl (C=O) groups is 2. The maximum Gasteiger partial charge on any atom is 0.308 e. The molecule has 0 aromatic rings. The lowest BCUT2D eigenvalue weighted by atomic mass is 10.00. The second-order valence-corrected chi connectivity index (χ2v) is 8.86. The predicted molar refractivity (Wildman–Crippen MR) is 143 cm³/mol. The van der Waals surface area contributed by atoms with Crippen LogP contribution < -0.4 is 0 Å². The first kappa shape index (κ1) is 35.7. The van der Waals surface area contributed by atoms with Gasteiger partial charge in [-0.15, -0.1) is 0 Å². The summed E-state index contributed by atoms with van der Waals surface area (Å²) in [4.78, 5) is 23.5. The van der Waals surface area contributed by atoms with Gasteiger partial charge in [0.1, 0.15) is 13.2 Å². The van der Waals surface area contributed by atoms with Gasteiger partial charge in [0.2, 0.25) is 0 Å². The molecular weight excluding hydrogens is 480 g/mol. The van der Waals surface area contributed by atoms with E-state index in [1.54, 1.807) is 0 Å². The first-order chi connectivity index (χ1) is 18.2. The second kappa shape index (κ2) is 29.3. The summed E-state index contributed by atoms with van der Waals surface area (Å²) >= 11 is 0. The van der Waals surface area contributed by atoms with Crippen LogP contribution in [0.3, 0.4) is 0 Å². The monoisotopic (exact) mass is 534 g/mol. The zero-order valence-corrected chi connectivity index (χ0v) is 23.8. The zero-order valence-electron chi connectivity index (χ0n) is 23.8. The van der Waals surface area contributed by atoms with Crippen LogP contribution in [0.5, 0.6) is 0 Å². The molecule has 0 spiro atoms. The molecule has 0 bridgehead atoms. The van der Waals surface area contributed by atoms with Crippen molar-refractivity contribution in [1.29, 1.82) is 0 Å². The second-order valence-electron chi connectivity index (χ2n) is 8.86. The van der Waals surface area contributed by atoms with E-state index in [0.717, 1.165) is 38.5 Å². The van der Waals surface area contributed by atoms with Crippen LogP contribution in [0.4, 0.5) is 0 Å². The summed E-state index contributed by atoms with van der Waals surface area (Å²) in [6, 6.07) is 0. The Morgan fingerprint density at radius 2 is 0.946 bits per heavy atom. The summed E-state index contributed by atoms with van der Waals surface area (Å²) < 4.78 is 37.6. The topological polar surface area (TPSA) is 98.8 Å². The third-order valence-corrected chi connectivity index (χ3v) is 5.67. The Kier molecular flexibility index (Phi) is 28.3. The first-order valence-electron chi connectivity index (χ1n) is 14.4. The van der Waals surface area contributed by atoms with E-state index < -0.39 is 0 Å². The summed E-state index contributed by atoms with van der Waals surface area (Å²) in [5, 5.41) is 0. The number of rotatable bonds is 29. The third-order valence-electron chi connectivity index (χ3n) is 5.67. The lowest BCUT2D eigenvalue weighted by Gasteiger charge is -2.13. The molecule has 1 atom stereocenters. The molecule has 0 saturated carbocycles. The fourth-order valence-corrected chi connectivity index (χ4v) is 3.40. The highest BCUT2D eigenvalue weighted by Gasteiger charge is 2.16. The molecule has 0 N–H and O–H groups in total. The average Bonchev–Trinajstić information content (AvgIpc) is 2.90. The van der Waals surface area contributed by atoms with Crippen molar-refractivity contribution in [3.63, 3.8) is 0 Å². The van der Waals surface area contributed by atoms with E-state index in [9.17, 15) is 9.59 Å². The largest absolute Gasteiger partial charge is 0.463 e. The quantitative estimate of drug-likeness (QED) is 0.0996. The minimum Gasteiger partial charge on any atom is -0.463 e. The Bertz CT molecular complexity index is 502. The van der Waals surface area contributed by atoms with Crippen LogP contribution in [-0.2, 0) is 42.7 Å². The van der Waals surface area contributed by atoms with E-state index in [-0.39, 0.29) is 31.1 Å². The van der Waals surface area contributed by atoms with Crippen LogP contribution in [0.15, 0.2) is 0 Å². The minimum atomic E-state index is -0.147. The third kappa shape index (κ3) is 26.1. The van der Waals surface area contributed by atoms with Crippen molar-refractivity contribution < 1.29 is 42.7 Å². The lowest BCUT2D eigenvalue weighted by Crippen LogP contribution is -2.20. The summed E-state index contributed by atoms with van der Waals surface area (Å²) in [5.41, 5.74) is 0. The number of unbranched alkanes of at least 4 members (excludes halogenated alkanes) is 5. The van der Waals surface area contributed by atoms with Gasteiger partial charge in [-0.2, -0.15) is 0 Å². The molecule has 0 rings (SSSR count). The summed E-state index contributed by atoms with van der Waals surface area (Å²) in [7, 11) is 0. The molecule has 0 saturated heterocycles. The molecular formula is C28H54O9. The number of esters is 2. The molecule has 9 heteroatoms. The molecule has 0 aromatic carbocycles. The Balaban J connectivity index is 3.25. The van der Waals surface area contributed by atoms with Crippen molar-refractivity contribution in [2.45, 2.75) is 85.0 Å². The molecule has 0 heterocycles. The van der Waals surface area contributed by atoms with Crippen molar-refractivity contribution in [2.75, 3.05) is 79.3 Å². The van der Waals surface area contributed by atoms with Gasteiger partial charge in [0.05, 0.1) is 72.0 Å². The van der Waals surface area contributed by atoms with Crippen LogP contribution in [0.1, 0.15) is 85.0 Å². The molecule has 0 radical (unpaired) electrons. The van der Waals surface area contributed by atoms with E-state index in [1.807, 2.05) is 6.92 Å². The predicted octanol–water partition coefficient (Wildman–Crippen LogP) is 4.73. The van der Waals surface area contributed by atoms with Crippen LogP contribution in [0.25, 0.3) is 0 Å². The van der Waals surface area contributed by atoms with Crippen LogP contribution in [0.2, 0.25) is 0 Å². The van der Waals surface area contributed by atoms with E-state index in [2.05, 4.69) is 13.8 Å². The van der Waals surface area contributed by atoms with Crippen LogP contribution in [-0.4, -0.2) is 91.2 Å². The minimum absolute atomic E-state index is 0.000418. The van der Waals surface area contributed by atoms with Gasteiger partial charge in [-0.1, -0.05) is 59.3 Å². The Hall–Kier alpha value is -1.26. The highest BCUT2D eigenvalue weighted by atomic mass is 16.6. The van der Waals surface area contributed by atoms with Gasteiger partial charge >= 0.3 is 11.9 Å². The van der Waals surface area contributed by atoms with Gasteiger partial charge < -0.3 is 33.2 Å². The van der Waals surface area contributed by atoms with E-state index in [1.165, 1.54) is 19.3 Å². The van der Waals surface area contributed by atoms with E-state index in [0.29, 0.717) is 72.5 Å². The molecule has 220 valence electrons. The van der Waals surface area contributed by atoms with Crippen molar-refractivity contribution in [3.05, 3.63) is 0 Å². The summed E-state index contributed by atoms with van der Waals surface area (Å²) in [6.45, 7) is 11.4. The maximum atomic E-state index is 12.0. The molecule has 0 amide bonds. The average molecular weight is 535 g/mol. The highest BCUT2D eigenvalue weighted by Crippen LogP contribution is 2.14. The van der Waals surface area contributed by atoms with Gasteiger partial charge in [-0.3, -0.25) is 9.59 Å². The molecule has 0 aliphatic carbocycles. The molecule has 0 aliphatic heterocycles. The van der Waals surface area contributed by atoms with Gasteiger partial charge in [0.15, 0.2) is 0 Å². The first-order valence-corrected chi connectivity index (χ1v) is 14.4. The highest BCUT2D eigenvalue weighted by molar-refractivity contribution is 5.72. The summed E-state index contributed by atoms with van der Waals surface area (Å²) in [6.07, 6.45) is 9.92. The normalized spacial score (nSPS) is 12.0. The van der Waals surface area contributed by atoms with Crippen LogP contribution in [0, 0.1) is 5.92 Å². The van der Waals surface area contributed by atoms with Crippen LogP contribution >= 0.6 is 0 Å². The summed E-state index contributed by atoms with van der Waals surface area (Å²) in [5.74, 6) is -0.267. The number of ether oxygens (including phenoxy) is 7. The van der Waals surface area contributed by atoms with E-state index in [4.69, 9.17) is 33.2 Å². The molecule has 0 fully saturated rings. The van der Waals surface area contributed by atoms with Crippen molar-refractivity contribution >= 4 is 11.9 Å². The molecule has 0 aromatic heterocycles. The van der Waals surface area contributed by atoms with Gasteiger partial charge in [0.25, 0.3) is 0 Å². The van der Waals surface area contributed by atoms with Gasteiger partial charge in [-0.25, -0.2) is 0 Å². The van der Waals surface area contributed by atoms with Crippen molar-refractivity contribution in [3.8, 4) is 0 Å². The lowest BCUT2D eigenvalue weighted by molar-refractivity contribution is -0.150. The van der Waals surface area contributed by atoms with Crippen molar-refractivity contribution in [2.24, 2.45) is 5.92 Å². The van der Waals surface area contributed by atoms with Crippen molar-refractivity contribution in [1.82, 2.24) is 0 Å². The zero-order chi connectivity index (χ0) is 27.2. The van der Waals surface area contributed by atoms with Gasteiger partial charge in [-0.05, 0) is 19.3 Å². The standard InChI is InChI=1S/C28H54O9/c1-4-7-9-10-11-13-27(29)36-24-22-34-20-18-32-16-14-31-15-17-33-19-21-35-23-25-37-28(30)26(6-3)12-8-5-2/h26H,4-25H2,1-3H3. The van der Waals surface area contributed by atoms with E-state index >= 15 is 0 Å². The fraction of sp³-hybridized carbons (Fsp3) is 0.929. The Morgan fingerprint density at radius 1 is 0.514 bits per heavy atom. The Morgan fingerprint density at radius 3 is 1.41 bits per heavy atom. The smallest absolute Gasteiger partial charge is 0.308 e. The maximum absolute atomic E-state index is 12.0. The molecule has 9 nitrogen and oxygen atoms in total.